The Morgan fingerprint density at radius 2 is 1.67 bits per heavy atom. The number of nitrogens with two attached hydrogens (primary N) is 1. The van der Waals surface area contributed by atoms with Crippen LogP contribution < -0.4 is 16.4 Å². The van der Waals surface area contributed by atoms with Gasteiger partial charge in [0.15, 0.2) is 0 Å². The third kappa shape index (κ3) is 5.40. The molecule has 3 amide bonds. The van der Waals surface area contributed by atoms with E-state index < -0.39 is 11.4 Å². The van der Waals surface area contributed by atoms with Gasteiger partial charge >= 0.3 is 6.03 Å². The lowest BCUT2D eigenvalue weighted by Crippen LogP contribution is -2.52. The van der Waals surface area contributed by atoms with Crippen LogP contribution in [0.4, 0.5) is 4.79 Å². The van der Waals surface area contributed by atoms with Crippen LogP contribution in [0.15, 0.2) is 71.9 Å². The minimum absolute atomic E-state index is 0.0994. The molecule has 2 aromatic rings. The van der Waals surface area contributed by atoms with E-state index in [2.05, 4.69) is 10.6 Å². The van der Waals surface area contributed by atoms with Gasteiger partial charge in [0.05, 0.1) is 18.1 Å². The molecule has 8 nitrogen and oxygen atoms in total. The van der Waals surface area contributed by atoms with Crippen molar-refractivity contribution in [2.24, 2.45) is 5.73 Å². The summed E-state index contributed by atoms with van der Waals surface area (Å²) in [6, 6.07) is 18.0. The third-order valence-corrected chi connectivity index (χ3v) is 5.84. The number of amidine groups is 1. The summed E-state index contributed by atoms with van der Waals surface area (Å²) >= 11 is 0. The molecule has 5 N–H and O–H groups in total. The van der Waals surface area contributed by atoms with E-state index in [1.807, 2.05) is 69.2 Å². The highest BCUT2D eigenvalue weighted by Crippen LogP contribution is 2.32. The Bertz CT molecular complexity index is 1050. The number of hydrogen-bond donors (Lipinski definition) is 4. The van der Waals surface area contributed by atoms with Gasteiger partial charge in [-0.2, -0.15) is 0 Å². The summed E-state index contributed by atoms with van der Waals surface area (Å²) in [4.78, 5) is 29.4. The van der Waals surface area contributed by atoms with Gasteiger partial charge < -0.3 is 26.2 Å². The predicted octanol–water partition coefficient (Wildman–Crippen LogP) is 2.71. The molecule has 1 atom stereocenters. The summed E-state index contributed by atoms with van der Waals surface area (Å²) in [5, 5.41) is 14.2. The van der Waals surface area contributed by atoms with Gasteiger partial charge in [-0.25, -0.2) is 4.79 Å². The molecule has 1 heterocycles. The number of nitrogens with one attached hydrogen (secondary N) is 3. The van der Waals surface area contributed by atoms with Crippen LogP contribution in [-0.4, -0.2) is 60.3 Å². The Morgan fingerprint density at radius 3 is 2.24 bits per heavy atom. The molecule has 0 aliphatic carbocycles. The highest BCUT2D eigenvalue weighted by molar-refractivity contribution is 6.12. The lowest BCUT2D eigenvalue weighted by molar-refractivity contribution is 0.0977. The number of rotatable bonds is 6. The van der Waals surface area contributed by atoms with Crippen molar-refractivity contribution in [3.05, 3.63) is 83.1 Å². The zero-order valence-corrected chi connectivity index (χ0v) is 19.6. The smallest absolute Gasteiger partial charge is 0.318 e. The van der Waals surface area contributed by atoms with E-state index in [4.69, 9.17) is 11.1 Å². The first-order chi connectivity index (χ1) is 15.6. The van der Waals surface area contributed by atoms with Gasteiger partial charge in [0.25, 0.3) is 5.91 Å². The van der Waals surface area contributed by atoms with Crippen molar-refractivity contribution in [1.82, 2.24) is 20.4 Å². The molecule has 2 aromatic carbocycles. The van der Waals surface area contributed by atoms with Crippen LogP contribution in [-0.2, 0) is 0 Å². The Kier molecular flexibility index (Phi) is 7.18. The monoisotopic (exact) mass is 448 g/mol. The first kappa shape index (κ1) is 24.0. The second-order valence-corrected chi connectivity index (χ2v) is 8.91. The number of hydrogen-bond acceptors (Lipinski definition) is 5. The number of carbonyl (C=O) groups excluding carboxylic acids is 2. The molecule has 0 aromatic heterocycles. The Balaban J connectivity index is 1.75. The van der Waals surface area contributed by atoms with Gasteiger partial charge in [-0.05, 0) is 45.6 Å². The van der Waals surface area contributed by atoms with Crippen LogP contribution in [0.2, 0.25) is 0 Å². The third-order valence-electron chi connectivity index (χ3n) is 5.84. The number of amides is 3. The second kappa shape index (κ2) is 9.87. The van der Waals surface area contributed by atoms with Crippen molar-refractivity contribution in [1.29, 1.82) is 5.41 Å². The minimum atomic E-state index is -0.817. The second-order valence-electron chi connectivity index (χ2n) is 8.91. The van der Waals surface area contributed by atoms with Gasteiger partial charge in [-0.15, -0.1) is 0 Å². The quantitative estimate of drug-likeness (QED) is 0.402. The summed E-state index contributed by atoms with van der Waals surface area (Å²) in [6.07, 6.45) is 0. The Labute approximate surface area is 195 Å². The summed E-state index contributed by atoms with van der Waals surface area (Å²) in [7, 11) is 3.91. The van der Waals surface area contributed by atoms with Crippen molar-refractivity contribution in [2.45, 2.75) is 25.4 Å². The molecule has 0 unspecified atom stereocenters. The summed E-state index contributed by atoms with van der Waals surface area (Å²) in [5.74, 6) is -0.491. The molecule has 174 valence electrons. The molecule has 3 rings (SSSR count). The molecule has 0 saturated carbocycles. The lowest BCUT2D eigenvalue weighted by Gasteiger charge is -2.35. The van der Waals surface area contributed by atoms with Gasteiger partial charge in [0.1, 0.15) is 5.84 Å². The number of likely N-dealkylation sites (N-methyl/N-ethyl adjacent to an activating group) is 1. The normalized spacial score (nSPS) is 16.0. The van der Waals surface area contributed by atoms with E-state index in [1.54, 1.807) is 29.2 Å². The van der Waals surface area contributed by atoms with Gasteiger partial charge in [0.2, 0.25) is 0 Å². The number of carbonyl (C=O) groups is 2. The zero-order chi connectivity index (χ0) is 24.2. The average Bonchev–Trinajstić information content (AvgIpc) is 3.03. The molecule has 0 fully saturated rings. The molecule has 0 spiro atoms. The Hall–Kier alpha value is -3.65. The number of nitrogens with zero attached hydrogens (tertiary/aromatic N) is 2. The highest BCUT2D eigenvalue weighted by atomic mass is 16.2. The zero-order valence-electron chi connectivity index (χ0n) is 19.6. The van der Waals surface area contributed by atoms with Crippen LogP contribution in [0.1, 0.15) is 35.8 Å². The predicted molar refractivity (Wildman–Crippen MR) is 130 cm³/mol. The molecule has 0 saturated heterocycles. The maximum Gasteiger partial charge on any atom is 0.318 e. The summed E-state index contributed by atoms with van der Waals surface area (Å²) < 4.78 is 0. The lowest BCUT2D eigenvalue weighted by atomic mass is 10.00. The van der Waals surface area contributed by atoms with E-state index in [-0.39, 0.29) is 24.5 Å². The van der Waals surface area contributed by atoms with E-state index in [9.17, 15) is 9.59 Å². The van der Waals surface area contributed by atoms with Crippen molar-refractivity contribution in [3.8, 4) is 0 Å². The van der Waals surface area contributed by atoms with Crippen LogP contribution in [0.3, 0.4) is 0 Å². The topological polar surface area (TPSA) is 115 Å². The molecule has 8 heteroatoms. The van der Waals surface area contributed by atoms with E-state index in [0.29, 0.717) is 23.4 Å². The largest absolute Gasteiger partial charge is 0.400 e. The summed E-state index contributed by atoms with van der Waals surface area (Å²) in [5.41, 5.74) is 7.83. The van der Waals surface area contributed by atoms with Crippen LogP contribution in [0.5, 0.6) is 0 Å². The maximum absolute atomic E-state index is 13.3. The fourth-order valence-electron chi connectivity index (χ4n) is 3.86. The molecular formula is C25H32N6O2. The molecule has 33 heavy (non-hydrogen) atoms. The molecule has 0 radical (unpaired) electrons. The van der Waals surface area contributed by atoms with Crippen LogP contribution in [0, 0.1) is 5.41 Å². The highest BCUT2D eigenvalue weighted by Gasteiger charge is 2.43. The first-order valence-corrected chi connectivity index (χ1v) is 10.8. The molecular weight excluding hydrogens is 416 g/mol. The van der Waals surface area contributed by atoms with E-state index in [1.165, 1.54) is 0 Å². The van der Waals surface area contributed by atoms with Crippen LogP contribution in [0.25, 0.3) is 0 Å². The standard InChI is InChI=1S/C25H32N6O2/c1-25(2)21(26)19(22(27)29-23(32)18-13-9-6-10-14-18)15-31(25)24(33)28-20(16-30(3)4)17-11-7-5-8-12-17/h5-14,20H,15-16,26H2,1-4H3,(H,28,33)(H2,27,29,32)/t20-/m1/s1. The fraction of sp³-hybridized carbons (Fsp3) is 0.320. The molecule has 0 bridgehead atoms. The average molecular weight is 449 g/mol. The van der Waals surface area contributed by atoms with Crippen molar-refractivity contribution >= 4 is 17.8 Å². The van der Waals surface area contributed by atoms with Crippen molar-refractivity contribution in [2.75, 3.05) is 27.2 Å². The molecule has 1 aliphatic rings. The van der Waals surface area contributed by atoms with E-state index >= 15 is 0 Å². The number of benzene rings is 2. The van der Waals surface area contributed by atoms with Crippen molar-refractivity contribution < 1.29 is 9.59 Å². The van der Waals surface area contributed by atoms with Gasteiger partial charge in [-0.3, -0.25) is 10.2 Å². The first-order valence-electron chi connectivity index (χ1n) is 10.8. The SMILES string of the molecule is CN(C)C[C@@H](NC(=O)N1CC(C(=N)NC(=O)c2ccccc2)=C(N)C1(C)C)c1ccccc1. The van der Waals surface area contributed by atoms with Gasteiger partial charge in [0, 0.05) is 23.4 Å². The summed E-state index contributed by atoms with van der Waals surface area (Å²) in [6.45, 7) is 4.43. The van der Waals surface area contributed by atoms with Crippen molar-refractivity contribution in [3.63, 3.8) is 0 Å². The molecule has 1 aliphatic heterocycles. The minimum Gasteiger partial charge on any atom is -0.400 e. The Morgan fingerprint density at radius 1 is 1.09 bits per heavy atom. The van der Waals surface area contributed by atoms with Gasteiger partial charge in [-0.1, -0.05) is 48.5 Å². The van der Waals surface area contributed by atoms with E-state index in [0.717, 1.165) is 5.56 Å². The fourth-order valence-corrected chi connectivity index (χ4v) is 3.86. The number of urea groups is 1. The van der Waals surface area contributed by atoms with Crippen LogP contribution >= 0.6 is 0 Å². The maximum atomic E-state index is 13.3.